The van der Waals surface area contributed by atoms with Crippen molar-refractivity contribution in [2.24, 2.45) is 0 Å². The molecule has 1 fully saturated rings. The molecule has 2 heteroatoms. The van der Waals surface area contributed by atoms with E-state index in [0.717, 1.165) is 4.83 Å². The van der Waals surface area contributed by atoms with Gasteiger partial charge in [-0.15, -0.1) is 0 Å². The van der Waals surface area contributed by atoms with Crippen LogP contribution in [0.3, 0.4) is 0 Å². The Morgan fingerprint density at radius 2 is 1.67 bits per heavy atom. The van der Waals surface area contributed by atoms with Gasteiger partial charge in [0.05, 0.1) is 0 Å². The smallest absolute Gasteiger partial charge is 0.0145 e. The van der Waals surface area contributed by atoms with Crippen molar-refractivity contribution in [1.82, 2.24) is 6.15 Å². The fourth-order valence-electron chi connectivity index (χ4n) is 0.358. The van der Waals surface area contributed by atoms with Crippen LogP contribution in [0.15, 0.2) is 0 Å². The largest absolute Gasteiger partial charge is 0.344 e. The summed E-state index contributed by atoms with van der Waals surface area (Å²) in [5.41, 5.74) is 0. The molecule has 0 aromatic carbocycles. The fraction of sp³-hybridized carbons (Fsp3) is 1.00. The number of hydrogen-bond acceptors (Lipinski definition) is 1. The van der Waals surface area contributed by atoms with Crippen molar-refractivity contribution in [3.05, 3.63) is 0 Å². The Kier molecular flexibility index (Phi) is 2.78. The SMILES string of the molecule is BrC1CCC1.N. The molecule has 0 bridgehead atoms. The van der Waals surface area contributed by atoms with Crippen molar-refractivity contribution in [3.8, 4) is 0 Å². The number of halogens is 1. The van der Waals surface area contributed by atoms with Gasteiger partial charge in [-0.1, -0.05) is 22.4 Å². The predicted octanol–water partition coefficient (Wildman–Crippen LogP) is 2.10. The van der Waals surface area contributed by atoms with Gasteiger partial charge in [-0.2, -0.15) is 0 Å². The van der Waals surface area contributed by atoms with Crippen molar-refractivity contribution in [3.63, 3.8) is 0 Å². The molecule has 0 spiro atoms. The number of hydrogen-bond donors (Lipinski definition) is 1. The highest BCUT2D eigenvalue weighted by Crippen LogP contribution is 2.25. The molecule has 0 saturated heterocycles. The Balaban J connectivity index is 0.000000250. The van der Waals surface area contributed by atoms with Gasteiger partial charge >= 0.3 is 0 Å². The predicted molar refractivity (Wildman–Crippen MR) is 31.6 cm³/mol. The van der Waals surface area contributed by atoms with E-state index in [2.05, 4.69) is 15.9 Å². The summed E-state index contributed by atoms with van der Waals surface area (Å²) in [7, 11) is 0. The van der Waals surface area contributed by atoms with Crippen LogP contribution in [-0.4, -0.2) is 4.83 Å². The topological polar surface area (TPSA) is 35.0 Å². The molecule has 1 rings (SSSR count). The van der Waals surface area contributed by atoms with Crippen molar-refractivity contribution in [1.29, 1.82) is 0 Å². The molecule has 0 aromatic heterocycles. The summed E-state index contributed by atoms with van der Waals surface area (Å²) in [4.78, 5) is 0.877. The summed E-state index contributed by atoms with van der Waals surface area (Å²) >= 11 is 3.46. The monoisotopic (exact) mass is 151 g/mol. The molecule has 0 heterocycles. The first-order valence-corrected chi connectivity index (χ1v) is 2.95. The van der Waals surface area contributed by atoms with Gasteiger partial charge in [-0.05, 0) is 12.8 Å². The minimum atomic E-state index is 0. The normalized spacial score (nSPS) is 21.5. The Labute approximate surface area is 46.8 Å². The lowest BCUT2D eigenvalue weighted by Crippen LogP contribution is -2.07. The maximum absolute atomic E-state index is 3.46. The van der Waals surface area contributed by atoms with E-state index in [1.807, 2.05) is 0 Å². The van der Waals surface area contributed by atoms with Crippen molar-refractivity contribution in [2.45, 2.75) is 24.1 Å². The maximum Gasteiger partial charge on any atom is 0.0145 e. The van der Waals surface area contributed by atoms with E-state index in [0.29, 0.717) is 0 Å². The zero-order chi connectivity index (χ0) is 3.70. The summed E-state index contributed by atoms with van der Waals surface area (Å²) in [6.07, 6.45) is 4.25. The maximum atomic E-state index is 3.46. The van der Waals surface area contributed by atoms with Crippen LogP contribution in [0.1, 0.15) is 19.3 Å². The lowest BCUT2D eigenvalue weighted by atomic mass is 10.0. The summed E-state index contributed by atoms with van der Waals surface area (Å²) < 4.78 is 0. The van der Waals surface area contributed by atoms with Crippen LogP contribution in [0.4, 0.5) is 0 Å². The van der Waals surface area contributed by atoms with E-state index in [1.54, 1.807) is 0 Å². The van der Waals surface area contributed by atoms with Gasteiger partial charge in [0.1, 0.15) is 0 Å². The summed E-state index contributed by atoms with van der Waals surface area (Å²) in [6.45, 7) is 0. The first-order chi connectivity index (χ1) is 2.39. The molecular weight excluding hydrogens is 142 g/mol. The molecule has 0 radical (unpaired) electrons. The van der Waals surface area contributed by atoms with E-state index in [1.165, 1.54) is 19.3 Å². The molecule has 1 nitrogen and oxygen atoms in total. The van der Waals surface area contributed by atoms with Crippen LogP contribution in [0, 0.1) is 0 Å². The first-order valence-electron chi connectivity index (χ1n) is 2.03. The minimum absolute atomic E-state index is 0. The molecule has 38 valence electrons. The molecule has 6 heavy (non-hydrogen) atoms. The average molecular weight is 152 g/mol. The summed E-state index contributed by atoms with van der Waals surface area (Å²) in [5, 5.41) is 0. The van der Waals surface area contributed by atoms with Gasteiger partial charge in [0, 0.05) is 4.83 Å². The second kappa shape index (κ2) is 2.59. The van der Waals surface area contributed by atoms with Gasteiger partial charge in [0.25, 0.3) is 0 Å². The number of rotatable bonds is 0. The molecular formula is C4H10BrN. The van der Waals surface area contributed by atoms with E-state index in [-0.39, 0.29) is 6.15 Å². The highest BCUT2D eigenvalue weighted by Gasteiger charge is 2.11. The van der Waals surface area contributed by atoms with Crippen LogP contribution >= 0.6 is 15.9 Å². The Hall–Kier alpha value is 0.440. The first kappa shape index (κ1) is 6.44. The third-order valence-corrected chi connectivity index (χ3v) is 1.95. The lowest BCUT2D eigenvalue weighted by molar-refractivity contribution is 0.530. The van der Waals surface area contributed by atoms with E-state index < -0.39 is 0 Å². The van der Waals surface area contributed by atoms with E-state index >= 15 is 0 Å². The van der Waals surface area contributed by atoms with E-state index in [4.69, 9.17) is 0 Å². The standard InChI is InChI=1S/C4H7Br.H3N/c5-4-2-1-3-4;/h4H,1-3H2;1H3. The van der Waals surface area contributed by atoms with Gasteiger partial charge in [0.2, 0.25) is 0 Å². The van der Waals surface area contributed by atoms with Crippen LogP contribution in [0.5, 0.6) is 0 Å². The summed E-state index contributed by atoms with van der Waals surface area (Å²) in [5.74, 6) is 0. The minimum Gasteiger partial charge on any atom is -0.344 e. The molecule has 1 aliphatic carbocycles. The Morgan fingerprint density at radius 3 is 1.67 bits per heavy atom. The molecule has 1 aliphatic rings. The molecule has 0 amide bonds. The van der Waals surface area contributed by atoms with Gasteiger partial charge < -0.3 is 6.15 Å². The van der Waals surface area contributed by atoms with Crippen molar-refractivity contribution < 1.29 is 0 Å². The second-order valence-electron chi connectivity index (χ2n) is 1.53. The fourth-order valence-corrected chi connectivity index (χ4v) is 1.01. The second-order valence-corrected chi connectivity index (χ2v) is 2.82. The van der Waals surface area contributed by atoms with Crippen LogP contribution in [0.2, 0.25) is 0 Å². The highest BCUT2D eigenvalue weighted by molar-refractivity contribution is 9.09. The quantitative estimate of drug-likeness (QED) is 0.530. The lowest BCUT2D eigenvalue weighted by Gasteiger charge is -2.16. The summed E-state index contributed by atoms with van der Waals surface area (Å²) in [6, 6.07) is 0. The highest BCUT2D eigenvalue weighted by atomic mass is 79.9. The zero-order valence-electron chi connectivity index (χ0n) is 3.78. The van der Waals surface area contributed by atoms with Gasteiger partial charge in [0.15, 0.2) is 0 Å². The zero-order valence-corrected chi connectivity index (χ0v) is 5.37. The van der Waals surface area contributed by atoms with Crippen LogP contribution < -0.4 is 6.15 Å². The molecule has 0 atom stereocenters. The average Bonchev–Trinajstić information content (AvgIpc) is 1.30. The van der Waals surface area contributed by atoms with Gasteiger partial charge in [-0.25, -0.2) is 0 Å². The molecule has 1 saturated carbocycles. The molecule has 0 aliphatic heterocycles. The van der Waals surface area contributed by atoms with Crippen molar-refractivity contribution in [2.75, 3.05) is 0 Å². The third-order valence-electron chi connectivity index (χ3n) is 1.03. The molecule has 3 N–H and O–H groups in total. The van der Waals surface area contributed by atoms with Crippen LogP contribution in [-0.2, 0) is 0 Å². The molecule has 0 unspecified atom stereocenters. The number of alkyl halides is 1. The third kappa shape index (κ3) is 1.27. The molecule has 0 aromatic rings. The van der Waals surface area contributed by atoms with Gasteiger partial charge in [-0.3, -0.25) is 0 Å². The van der Waals surface area contributed by atoms with Crippen LogP contribution in [0.25, 0.3) is 0 Å². The Morgan fingerprint density at radius 1 is 1.33 bits per heavy atom. The Bertz CT molecular complexity index is 34.5. The van der Waals surface area contributed by atoms with Crippen molar-refractivity contribution >= 4 is 15.9 Å². The van der Waals surface area contributed by atoms with E-state index in [9.17, 15) is 0 Å².